The van der Waals surface area contributed by atoms with Crippen LogP contribution in [-0.4, -0.2) is 60.8 Å². The number of nitrogens with zero attached hydrogens (tertiary/aromatic N) is 2. The summed E-state index contributed by atoms with van der Waals surface area (Å²) in [5, 5.41) is 0.778. The molecule has 168 valence electrons. The van der Waals surface area contributed by atoms with Crippen LogP contribution in [0.3, 0.4) is 0 Å². The fourth-order valence-corrected chi connectivity index (χ4v) is 3.40. The van der Waals surface area contributed by atoms with Crippen LogP contribution in [-0.2, 0) is 25.9 Å². The van der Waals surface area contributed by atoms with Gasteiger partial charge in [0.25, 0.3) is 0 Å². The summed E-state index contributed by atoms with van der Waals surface area (Å²) in [4.78, 5) is 39.8. The van der Waals surface area contributed by atoms with Crippen molar-refractivity contribution >= 4 is 23.3 Å². The monoisotopic (exact) mass is 432 g/mol. The third kappa shape index (κ3) is 5.62. The number of hydrogen-bond donors (Lipinski definition) is 0. The molecule has 1 saturated heterocycles. The van der Waals surface area contributed by atoms with Gasteiger partial charge in [-0.2, -0.15) is 0 Å². The summed E-state index contributed by atoms with van der Waals surface area (Å²) in [5.74, 6) is 1.23. The van der Waals surface area contributed by atoms with E-state index in [1.165, 1.54) is 12.0 Å². The second-order valence-corrected chi connectivity index (χ2v) is 8.24. The molecule has 2 aromatic rings. The number of ether oxygens (including phenoxy) is 3. The van der Waals surface area contributed by atoms with Crippen molar-refractivity contribution in [2.75, 3.05) is 20.8 Å². The van der Waals surface area contributed by atoms with E-state index in [1.54, 1.807) is 40.0 Å². The Hall–Kier alpha value is -2.91. The largest absolute Gasteiger partial charge is 0.497 e. The number of carbonyl (C=O) groups is 2. The maximum atomic E-state index is 12.5. The number of methoxy groups -OCH3 is 1. The van der Waals surface area contributed by atoms with Gasteiger partial charge in [0.05, 0.1) is 38.0 Å². The highest BCUT2D eigenvalue weighted by Gasteiger charge is 2.38. The molecular weight excluding hydrogens is 404 g/mol. The third-order valence-electron chi connectivity index (χ3n) is 4.74. The van der Waals surface area contributed by atoms with Crippen molar-refractivity contribution in [1.82, 2.24) is 9.88 Å². The maximum Gasteiger partial charge on any atom is 0.411 e. The van der Waals surface area contributed by atoms with Gasteiger partial charge in [-0.25, -0.2) is 19.6 Å². The molecule has 9 heteroatoms. The van der Waals surface area contributed by atoms with Gasteiger partial charge >= 0.3 is 6.09 Å². The molecule has 1 aromatic carbocycles. The number of benzene rings is 1. The highest BCUT2D eigenvalue weighted by atomic mass is 17.2. The van der Waals surface area contributed by atoms with Crippen LogP contribution in [0.4, 0.5) is 4.79 Å². The van der Waals surface area contributed by atoms with Crippen molar-refractivity contribution in [1.29, 1.82) is 0 Å². The number of carbonyl (C=O) groups excluding carboxylic acids is 2. The lowest BCUT2D eigenvalue weighted by Crippen LogP contribution is -2.41. The Labute approximate surface area is 181 Å². The van der Waals surface area contributed by atoms with Crippen LogP contribution in [0.15, 0.2) is 24.3 Å². The zero-order chi connectivity index (χ0) is 22.6. The maximum absolute atomic E-state index is 12.5. The van der Waals surface area contributed by atoms with Crippen molar-refractivity contribution in [2.24, 2.45) is 0 Å². The highest BCUT2D eigenvalue weighted by molar-refractivity contribution is 5.86. The van der Waals surface area contributed by atoms with Gasteiger partial charge in [-0.15, -0.1) is 0 Å². The summed E-state index contributed by atoms with van der Waals surface area (Å²) in [6, 6.07) is 6.63. The van der Waals surface area contributed by atoms with Crippen LogP contribution in [0.2, 0.25) is 0 Å². The van der Waals surface area contributed by atoms with Crippen molar-refractivity contribution in [3.05, 3.63) is 30.0 Å². The van der Waals surface area contributed by atoms with Gasteiger partial charge < -0.3 is 19.0 Å². The first-order valence-electron chi connectivity index (χ1n) is 9.99. The van der Waals surface area contributed by atoms with Crippen LogP contribution < -0.4 is 9.47 Å². The molecule has 1 aromatic heterocycles. The lowest BCUT2D eigenvalue weighted by atomic mass is 10.1. The Morgan fingerprint density at radius 2 is 2.03 bits per heavy atom. The van der Waals surface area contributed by atoms with E-state index < -0.39 is 17.7 Å². The minimum atomic E-state index is -0.653. The topological polar surface area (TPSA) is 96.4 Å². The number of aromatic nitrogens is 1. The zero-order valence-corrected chi connectivity index (χ0v) is 18.4. The molecule has 31 heavy (non-hydrogen) atoms. The molecule has 0 radical (unpaired) electrons. The Bertz CT molecular complexity index is 941. The molecule has 1 aliphatic rings. The Morgan fingerprint density at radius 3 is 2.68 bits per heavy atom. The molecule has 1 fully saturated rings. The number of aldehydes is 1. The minimum absolute atomic E-state index is 0.131. The smallest absolute Gasteiger partial charge is 0.411 e. The normalized spacial score (nSPS) is 18.8. The lowest BCUT2D eigenvalue weighted by molar-refractivity contribution is -0.282. The van der Waals surface area contributed by atoms with Gasteiger partial charge in [0.1, 0.15) is 36.1 Å². The second-order valence-electron chi connectivity index (χ2n) is 8.24. The minimum Gasteiger partial charge on any atom is -0.497 e. The molecule has 3 rings (SSSR count). The van der Waals surface area contributed by atoms with Crippen molar-refractivity contribution in [2.45, 2.75) is 51.5 Å². The van der Waals surface area contributed by atoms with Gasteiger partial charge in [0.2, 0.25) is 0 Å². The Kier molecular flexibility index (Phi) is 6.97. The molecule has 0 bridgehead atoms. The Balaban J connectivity index is 1.86. The van der Waals surface area contributed by atoms with Gasteiger partial charge in [-0.3, -0.25) is 4.90 Å². The molecule has 0 aliphatic carbocycles. The summed E-state index contributed by atoms with van der Waals surface area (Å²) in [7, 11) is 3.00. The van der Waals surface area contributed by atoms with Gasteiger partial charge in [0.15, 0.2) is 0 Å². The predicted molar refractivity (Wildman–Crippen MR) is 112 cm³/mol. The van der Waals surface area contributed by atoms with Crippen LogP contribution in [0, 0.1) is 0 Å². The third-order valence-corrected chi connectivity index (χ3v) is 4.74. The van der Waals surface area contributed by atoms with E-state index in [9.17, 15) is 9.59 Å². The van der Waals surface area contributed by atoms with Crippen molar-refractivity contribution < 1.29 is 33.6 Å². The molecule has 2 heterocycles. The van der Waals surface area contributed by atoms with Crippen LogP contribution in [0.5, 0.6) is 11.5 Å². The van der Waals surface area contributed by atoms with E-state index in [-0.39, 0.29) is 19.3 Å². The summed E-state index contributed by atoms with van der Waals surface area (Å²) >= 11 is 0. The molecule has 1 unspecified atom stereocenters. The van der Waals surface area contributed by atoms with Gasteiger partial charge in [-0.1, -0.05) is 0 Å². The summed E-state index contributed by atoms with van der Waals surface area (Å²) < 4.78 is 17.0. The van der Waals surface area contributed by atoms with E-state index >= 15 is 0 Å². The number of rotatable bonds is 7. The predicted octanol–water partition coefficient (Wildman–Crippen LogP) is 3.28. The molecular formula is C22H28N2O7. The van der Waals surface area contributed by atoms with E-state index in [1.807, 2.05) is 12.1 Å². The molecule has 9 nitrogen and oxygen atoms in total. The summed E-state index contributed by atoms with van der Waals surface area (Å²) in [6.45, 7) is 5.72. The number of amides is 1. The fourth-order valence-electron chi connectivity index (χ4n) is 3.40. The first-order chi connectivity index (χ1) is 14.7. The number of pyridine rings is 1. The van der Waals surface area contributed by atoms with Crippen LogP contribution >= 0.6 is 0 Å². The molecule has 1 amide bonds. The molecule has 1 aliphatic heterocycles. The van der Waals surface area contributed by atoms with Gasteiger partial charge in [-0.05, 0) is 32.9 Å². The highest BCUT2D eigenvalue weighted by Crippen LogP contribution is 2.32. The quantitative estimate of drug-likeness (QED) is 0.374. The number of hydrogen-bond acceptors (Lipinski definition) is 8. The number of fused-ring (bicyclic) bond motifs is 1. The summed E-state index contributed by atoms with van der Waals surface area (Å²) in [6.07, 6.45) is 0.202. The van der Waals surface area contributed by atoms with E-state index in [2.05, 4.69) is 9.87 Å². The number of likely N-dealkylation sites (tertiary alicyclic amines) is 1. The summed E-state index contributed by atoms with van der Waals surface area (Å²) in [5.41, 5.74) is 0.618. The molecule has 2 atom stereocenters. The van der Waals surface area contributed by atoms with Crippen molar-refractivity contribution in [3.8, 4) is 11.5 Å². The Morgan fingerprint density at radius 1 is 1.26 bits per heavy atom. The van der Waals surface area contributed by atoms with Crippen LogP contribution in [0.1, 0.15) is 32.9 Å². The van der Waals surface area contributed by atoms with E-state index in [0.29, 0.717) is 29.1 Å². The van der Waals surface area contributed by atoms with Gasteiger partial charge in [0, 0.05) is 23.9 Å². The zero-order valence-electron chi connectivity index (χ0n) is 18.4. The first-order valence-corrected chi connectivity index (χ1v) is 9.99. The lowest BCUT2D eigenvalue weighted by Gasteiger charge is -2.26. The standard InChI is InChI=1S/C22H28N2O7/c1-22(2,3)31-21(26)24-11-17(9-15(24)12-25)30-20-8-14(13-29-28-5)23-19-10-16(27-4)6-7-18(19)20/h6-8,10,12,15,17H,9,11,13H2,1-5H3/t15-,17?/m0/s1. The van der Waals surface area contributed by atoms with Crippen molar-refractivity contribution in [3.63, 3.8) is 0 Å². The van der Waals surface area contributed by atoms with E-state index in [4.69, 9.17) is 19.1 Å². The SMILES string of the molecule is COOCc1cc(OC2C[C@@H](C=O)N(C(=O)OC(C)(C)C)C2)c2ccc(OC)cc2n1. The average Bonchev–Trinajstić information content (AvgIpc) is 3.13. The average molecular weight is 432 g/mol. The molecule has 0 spiro atoms. The molecule has 0 saturated carbocycles. The molecule has 0 N–H and O–H groups in total. The second kappa shape index (κ2) is 9.49. The van der Waals surface area contributed by atoms with E-state index in [0.717, 1.165) is 11.7 Å². The van der Waals surface area contributed by atoms with Crippen LogP contribution in [0.25, 0.3) is 10.9 Å². The first kappa shape index (κ1) is 22.8. The fraction of sp³-hybridized carbons (Fsp3) is 0.500.